The van der Waals surface area contributed by atoms with Crippen LogP contribution in [0.2, 0.25) is 0 Å². The predicted octanol–water partition coefficient (Wildman–Crippen LogP) is 2.87. The first kappa shape index (κ1) is 18.4. The molecule has 2 aromatic carbocycles. The first-order valence-electron chi connectivity index (χ1n) is 8.56. The fourth-order valence-electron chi connectivity index (χ4n) is 2.62. The van der Waals surface area contributed by atoms with Gasteiger partial charge < -0.3 is 14.5 Å². The van der Waals surface area contributed by atoms with Gasteiger partial charge in [-0.05, 0) is 23.6 Å². The van der Waals surface area contributed by atoms with Crippen LogP contribution in [0.4, 0.5) is 0 Å². The first-order valence-corrected chi connectivity index (χ1v) is 8.56. The van der Waals surface area contributed by atoms with Crippen LogP contribution >= 0.6 is 0 Å². The zero-order chi connectivity index (χ0) is 19.2. The fourth-order valence-corrected chi connectivity index (χ4v) is 2.62. The van der Waals surface area contributed by atoms with Gasteiger partial charge in [-0.15, -0.1) is 0 Å². The third-order valence-electron chi connectivity index (χ3n) is 4.14. The van der Waals surface area contributed by atoms with Crippen molar-refractivity contribution in [3.8, 4) is 0 Å². The van der Waals surface area contributed by atoms with E-state index in [0.717, 1.165) is 11.6 Å². The number of rotatable bonds is 6. The van der Waals surface area contributed by atoms with Crippen molar-refractivity contribution in [1.29, 1.82) is 0 Å². The summed E-state index contributed by atoms with van der Waals surface area (Å²) in [6.07, 6.45) is 0. The summed E-state index contributed by atoms with van der Waals surface area (Å²) in [7, 11) is 0. The number of hydrogen-bond acceptors (Lipinski definition) is 5. The molecule has 0 fully saturated rings. The van der Waals surface area contributed by atoms with Crippen molar-refractivity contribution in [2.24, 2.45) is 0 Å². The van der Waals surface area contributed by atoms with E-state index < -0.39 is 18.5 Å². The molecular weight excluding hydrogens is 346 g/mol. The van der Waals surface area contributed by atoms with E-state index in [0.29, 0.717) is 11.9 Å². The van der Waals surface area contributed by atoms with E-state index >= 15 is 0 Å². The lowest BCUT2D eigenvalue weighted by Crippen LogP contribution is -2.31. The summed E-state index contributed by atoms with van der Waals surface area (Å²) in [5.41, 5.74) is 1.05. The number of benzene rings is 2. The van der Waals surface area contributed by atoms with E-state index in [-0.39, 0.29) is 22.7 Å². The Balaban J connectivity index is 1.54. The second-order valence-corrected chi connectivity index (χ2v) is 6.16. The van der Waals surface area contributed by atoms with Crippen LogP contribution in [-0.2, 0) is 9.53 Å². The third-order valence-corrected chi connectivity index (χ3v) is 4.14. The minimum atomic E-state index is -0.857. The van der Waals surface area contributed by atoms with Crippen molar-refractivity contribution < 1.29 is 18.7 Å². The molecule has 1 amide bonds. The van der Waals surface area contributed by atoms with Gasteiger partial charge in [-0.1, -0.05) is 49.4 Å². The molecule has 3 rings (SSSR count). The molecule has 1 N–H and O–H groups in total. The fraction of sp³-hybridized carbons (Fsp3) is 0.190. The van der Waals surface area contributed by atoms with Crippen LogP contribution in [0.3, 0.4) is 0 Å². The molecule has 0 saturated heterocycles. The predicted molar refractivity (Wildman–Crippen MR) is 101 cm³/mol. The second-order valence-electron chi connectivity index (χ2n) is 6.16. The number of nitrogens with one attached hydrogen (secondary N) is 1. The average Bonchev–Trinajstić information content (AvgIpc) is 2.70. The van der Waals surface area contributed by atoms with Gasteiger partial charge in [0.25, 0.3) is 5.91 Å². The van der Waals surface area contributed by atoms with Crippen molar-refractivity contribution in [3.63, 3.8) is 0 Å². The SMILES string of the molecule is C[C@H](CNC(=O)COC(=O)c1cc(=O)c2ccccc2o1)c1ccccc1. The number of amides is 1. The number of carbonyl (C=O) groups excluding carboxylic acids is 2. The highest BCUT2D eigenvalue weighted by molar-refractivity contribution is 5.90. The lowest BCUT2D eigenvalue weighted by molar-refractivity contribution is -0.124. The quantitative estimate of drug-likeness (QED) is 0.679. The summed E-state index contributed by atoms with van der Waals surface area (Å²) in [4.78, 5) is 36.0. The van der Waals surface area contributed by atoms with Crippen LogP contribution < -0.4 is 10.7 Å². The van der Waals surface area contributed by atoms with Gasteiger partial charge in [0.15, 0.2) is 12.0 Å². The van der Waals surface area contributed by atoms with Gasteiger partial charge in [-0.2, -0.15) is 0 Å². The number of hydrogen-bond donors (Lipinski definition) is 1. The highest BCUT2D eigenvalue weighted by Crippen LogP contribution is 2.13. The standard InChI is InChI=1S/C21H19NO5/c1-14(15-7-3-2-4-8-15)12-22-20(24)13-26-21(25)19-11-17(23)16-9-5-6-10-18(16)27-19/h2-11,14H,12-13H2,1H3,(H,22,24)/t14-/m1/s1. The molecule has 6 nitrogen and oxygen atoms in total. The Morgan fingerprint density at radius 2 is 1.78 bits per heavy atom. The van der Waals surface area contributed by atoms with Crippen LogP contribution in [0.5, 0.6) is 0 Å². The normalized spacial score (nSPS) is 11.7. The van der Waals surface area contributed by atoms with Crippen molar-refractivity contribution in [2.45, 2.75) is 12.8 Å². The zero-order valence-electron chi connectivity index (χ0n) is 14.8. The number of fused-ring (bicyclic) bond motifs is 1. The van der Waals surface area contributed by atoms with E-state index in [1.807, 2.05) is 37.3 Å². The summed E-state index contributed by atoms with van der Waals surface area (Å²) in [5.74, 6) is -1.38. The second kappa shape index (κ2) is 8.31. The molecule has 3 aromatic rings. The highest BCUT2D eigenvalue weighted by Gasteiger charge is 2.15. The van der Waals surface area contributed by atoms with Gasteiger partial charge >= 0.3 is 5.97 Å². The molecule has 0 aliphatic heterocycles. The lowest BCUT2D eigenvalue weighted by Gasteiger charge is -2.13. The number of carbonyl (C=O) groups is 2. The summed E-state index contributed by atoms with van der Waals surface area (Å²) in [5, 5.41) is 3.10. The van der Waals surface area contributed by atoms with Crippen LogP contribution in [0, 0.1) is 0 Å². The van der Waals surface area contributed by atoms with Crippen molar-refractivity contribution in [3.05, 3.63) is 82.2 Å². The molecule has 0 saturated carbocycles. The Hall–Kier alpha value is -3.41. The number of ether oxygens (including phenoxy) is 1. The van der Waals surface area contributed by atoms with Crippen molar-refractivity contribution in [2.75, 3.05) is 13.2 Å². The smallest absolute Gasteiger partial charge is 0.374 e. The summed E-state index contributed by atoms with van der Waals surface area (Å²) in [6.45, 7) is 1.97. The zero-order valence-corrected chi connectivity index (χ0v) is 14.8. The topological polar surface area (TPSA) is 85.6 Å². The summed E-state index contributed by atoms with van der Waals surface area (Å²) < 4.78 is 10.3. The van der Waals surface area contributed by atoms with Gasteiger partial charge in [0.2, 0.25) is 5.76 Å². The molecule has 0 aliphatic rings. The minimum absolute atomic E-state index is 0.129. The van der Waals surface area contributed by atoms with Crippen LogP contribution in [0.25, 0.3) is 11.0 Å². The third kappa shape index (κ3) is 4.61. The van der Waals surface area contributed by atoms with Gasteiger partial charge in [0, 0.05) is 12.6 Å². The Kier molecular flexibility index (Phi) is 5.66. The first-order chi connectivity index (χ1) is 13.0. The monoisotopic (exact) mass is 365 g/mol. The molecule has 0 bridgehead atoms. The van der Waals surface area contributed by atoms with E-state index in [2.05, 4.69) is 5.32 Å². The Bertz CT molecular complexity index is 1010. The lowest BCUT2D eigenvalue weighted by atomic mass is 10.0. The molecule has 0 aliphatic carbocycles. The van der Waals surface area contributed by atoms with E-state index in [1.165, 1.54) is 0 Å². The minimum Gasteiger partial charge on any atom is -0.450 e. The molecule has 138 valence electrons. The van der Waals surface area contributed by atoms with E-state index in [4.69, 9.17) is 9.15 Å². The van der Waals surface area contributed by atoms with Crippen LogP contribution in [-0.4, -0.2) is 25.0 Å². The van der Waals surface area contributed by atoms with E-state index in [9.17, 15) is 14.4 Å². The van der Waals surface area contributed by atoms with E-state index in [1.54, 1.807) is 24.3 Å². The molecule has 27 heavy (non-hydrogen) atoms. The molecule has 6 heteroatoms. The maximum absolute atomic E-state index is 12.1. The summed E-state index contributed by atoms with van der Waals surface area (Å²) >= 11 is 0. The molecule has 1 aromatic heterocycles. The Morgan fingerprint density at radius 3 is 2.56 bits per heavy atom. The van der Waals surface area contributed by atoms with Crippen molar-refractivity contribution >= 4 is 22.8 Å². The largest absolute Gasteiger partial charge is 0.450 e. The Morgan fingerprint density at radius 1 is 1.07 bits per heavy atom. The molecule has 0 spiro atoms. The molecule has 0 unspecified atom stereocenters. The molecule has 0 radical (unpaired) electrons. The van der Waals surface area contributed by atoms with Gasteiger partial charge in [0.1, 0.15) is 5.58 Å². The van der Waals surface area contributed by atoms with Crippen LogP contribution in [0.15, 0.2) is 69.9 Å². The summed E-state index contributed by atoms with van der Waals surface area (Å²) in [6, 6.07) is 17.4. The number of para-hydroxylation sites is 1. The Labute approximate surface area is 155 Å². The molecule has 1 atom stereocenters. The highest BCUT2D eigenvalue weighted by atomic mass is 16.5. The maximum Gasteiger partial charge on any atom is 0.374 e. The van der Waals surface area contributed by atoms with Gasteiger partial charge in [-0.3, -0.25) is 9.59 Å². The number of esters is 1. The van der Waals surface area contributed by atoms with Gasteiger partial charge in [0.05, 0.1) is 5.39 Å². The van der Waals surface area contributed by atoms with Crippen LogP contribution in [0.1, 0.15) is 29.0 Å². The molecule has 1 heterocycles. The maximum atomic E-state index is 12.1. The van der Waals surface area contributed by atoms with Crippen molar-refractivity contribution in [1.82, 2.24) is 5.32 Å². The van der Waals surface area contributed by atoms with Gasteiger partial charge in [-0.25, -0.2) is 4.79 Å². The molecular formula is C21H19NO5. The average molecular weight is 365 g/mol.